The molecule has 0 N–H and O–H groups in total. The topological polar surface area (TPSA) is 30.7 Å². The van der Waals surface area contributed by atoms with Crippen LogP contribution in [0, 0.1) is 0 Å². The van der Waals surface area contributed by atoms with E-state index >= 15 is 0 Å². The van der Waals surface area contributed by atoms with Gasteiger partial charge in [0.2, 0.25) is 0 Å². The van der Waals surface area contributed by atoms with E-state index in [9.17, 15) is 0 Å². The Balaban J connectivity index is 2.71. The molecule has 11 heavy (non-hydrogen) atoms. The Morgan fingerprint density at radius 3 is 2.73 bits per heavy atom. The zero-order valence-corrected chi connectivity index (χ0v) is 7.41. The molecule has 0 aliphatic carbocycles. The van der Waals surface area contributed by atoms with E-state index in [1.54, 1.807) is 0 Å². The van der Waals surface area contributed by atoms with Crippen molar-refractivity contribution >= 4 is 0 Å². The maximum Gasteiger partial charge on any atom is 0.0855 e. The largest absolute Gasteiger partial charge is 0.253 e. The van der Waals surface area contributed by atoms with Gasteiger partial charge in [-0.3, -0.25) is 4.68 Å². The molecule has 0 amide bonds. The van der Waals surface area contributed by atoms with Crippen LogP contribution < -0.4 is 0 Å². The molecule has 0 aliphatic heterocycles. The van der Waals surface area contributed by atoms with Crippen molar-refractivity contribution in [2.45, 2.75) is 39.7 Å². The Labute approximate surface area is 67.4 Å². The summed E-state index contributed by atoms with van der Waals surface area (Å²) in [5.74, 6) is 0.537. The van der Waals surface area contributed by atoms with Gasteiger partial charge in [-0.05, 0) is 13.3 Å². The first-order valence-corrected chi connectivity index (χ1v) is 4.18. The standard InChI is InChI=1S/C8H15N3/c1-4-7(3)8-6-11(5-2)10-9-8/h6-7H,4-5H2,1-3H3. The quantitative estimate of drug-likeness (QED) is 0.663. The fourth-order valence-corrected chi connectivity index (χ4v) is 0.903. The Morgan fingerprint density at radius 2 is 2.27 bits per heavy atom. The van der Waals surface area contributed by atoms with Crippen LogP contribution >= 0.6 is 0 Å². The lowest BCUT2D eigenvalue weighted by Crippen LogP contribution is -1.93. The van der Waals surface area contributed by atoms with Gasteiger partial charge in [-0.2, -0.15) is 0 Å². The van der Waals surface area contributed by atoms with Crippen LogP contribution in [-0.2, 0) is 6.54 Å². The summed E-state index contributed by atoms with van der Waals surface area (Å²) in [6.45, 7) is 7.30. The summed E-state index contributed by atoms with van der Waals surface area (Å²) in [7, 11) is 0. The SMILES string of the molecule is CCC(C)c1cn(CC)nn1. The highest BCUT2D eigenvalue weighted by Gasteiger charge is 2.06. The molecule has 1 atom stereocenters. The molecule has 0 aromatic carbocycles. The van der Waals surface area contributed by atoms with E-state index < -0.39 is 0 Å². The van der Waals surface area contributed by atoms with Crippen LogP contribution in [-0.4, -0.2) is 15.0 Å². The highest BCUT2D eigenvalue weighted by molar-refractivity contribution is 4.99. The molecule has 0 fully saturated rings. The lowest BCUT2D eigenvalue weighted by atomic mass is 10.1. The molecule has 3 nitrogen and oxygen atoms in total. The number of hydrogen-bond acceptors (Lipinski definition) is 2. The number of aryl methyl sites for hydroxylation is 1. The lowest BCUT2D eigenvalue weighted by Gasteiger charge is -2.00. The maximum absolute atomic E-state index is 4.07. The average Bonchev–Trinajstić information content (AvgIpc) is 2.50. The smallest absolute Gasteiger partial charge is 0.0855 e. The zero-order valence-electron chi connectivity index (χ0n) is 7.41. The fraction of sp³-hybridized carbons (Fsp3) is 0.750. The van der Waals surface area contributed by atoms with Crippen molar-refractivity contribution in [3.63, 3.8) is 0 Å². The van der Waals surface area contributed by atoms with Crippen molar-refractivity contribution in [2.75, 3.05) is 0 Å². The Bertz CT molecular complexity index is 217. The van der Waals surface area contributed by atoms with Crippen molar-refractivity contribution in [1.29, 1.82) is 0 Å². The van der Waals surface area contributed by atoms with E-state index in [0.717, 1.165) is 18.7 Å². The van der Waals surface area contributed by atoms with Crippen LogP contribution in [0.1, 0.15) is 38.8 Å². The average molecular weight is 153 g/mol. The van der Waals surface area contributed by atoms with Gasteiger partial charge in [0, 0.05) is 18.7 Å². The predicted molar refractivity (Wildman–Crippen MR) is 44.4 cm³/mol. The van der Waals surface area contributed by atoms with Crippen molar-refractivity contribution in [2.24, 2.45) is 0 Å². The number of aromatic nitrogens is 3. The normalized spacial score (nSPS) is 13.4. The molecule has 0 saturated heterocycles. The number of nitrogens with zero attached hydrogens (tertiary/aromatic N) is 3. The highest BCUT2D eigenvalue weighted by atomic mass is 15.4. The van der Waals surface area contributed by atoms with Crippen LogP contribution in [0.25, 0.3) is 0 Å². The van der Waals surface area contributed by atoms with E-state index in [1.807, 2.05) is 10.9 Å². The summed E-state index contributed by atoms with van der Waals surface area (Å²) in [6, 6.07) is 0. The molecule has 1 rings (SSSR count). The van der Waals surface area contributed by atoms with Crippen LogP contribution in [0.3, 0.4) is 0 Å². The Hall–Kier alpha value is -0.860. The summed E-state index contributed by atoms with van der Waals surface area (Å²) < 4.78 is 1.86. The summed E-state index contributed by atoms with van der Waals surface area (Å²) >= 11 is 0. The van der Waals surface area contributed by atoms with Crippen molar-refractivity contribution < 1.29 is 0 Å². The van der Waals surface area contributed by atoms with Crippen LogP contribution in [0.2, 0.25) is 0 Å². The second-order valence-corrected chi connectivity index (χ2v) is 2.81. The molecule has 0 spiro atoms. The molecule has 0 saturated carbocycles. The van der Waals surface area contributed by atoms with Crippen molar-refractivity contribution in [3.8, 4) is 0 Å². The van der Waals surface area contributed by atoms with Gasteiger partial charge in [-0.1, -0.05) is 19.1 Å². The van der Waals surface area contributed by atoms with E-state index in [1.165, 1.54) is 0 Å². The number of rotatable bonds is 3. The first-order chi connectivity index (χ1) is 5.27. The molecule has 1 aromatic rings. The van der Waals surface area contributed by atoms with Crippen LogP contribution in [0.5, 0.6) is 0 Å². The van der Waals surface area contributed by atoms with E-state index in [0.29, 0.717) is 5.92 Å². The van der Waals surface area contributed by atoms with E-state index in [4.69, 9.17) is 0 Å². The molecule has 0 aliphatic rings. The molecule has 1 heterocycles. The monoisotopic (exact) mass is 153 g/mol. The molecule has 1 aromatic heterocycles. The van der Waals surface area contributed by atoms with Gasteiger partial charge in [-0.15, -0.1) is 5.10 Å². The van der Waals surface area contributed by atoms with E-state index in [2.05, 4.69) is 31.1 Å². The van der Waals surface area contributed by atoms with Gasteiger partial charge in [0.05, 0.1) is 5.69 Å². The second kappa shape index (κ2) is 3.51. The first kappa shape index (κ1) is 8.24. The van der Waals surface area contributed by atoms with Crippen molar-refractivity contribution in [1.82, 2.24) is 15.0 Å². The van der Waals surface area contributed by atoms with Gasteiger partial charge in [0.25, 0.3) is 0 Å². The van der Waals surface area contributed by atoms with Gasteiger partial charge in [-0.25, -0.2) is 0 Å². The fourth-order valence-electron chi connectivity index (χ4n) is 0.903. The second-order valence-electron chi connectivity index (χ2n) is 2.81. The highest BCUT2D eigenvalue weighted by Crippen LogP contribution is 2.14. The molecular formula is C8H15N3. The lowest BCUT2D eigenvalue weighted by molar-refractivity contribution is 0.625. The van der Waals surface area contributed by atoms with Crippen LogP contribution in [0.15, 0.2) is 6.20 Å². The third-order valence-corrected chi connectivity index (χ3v) is 2.00. The molecular weight excluding hydrogens is 138 g/mol. The Kier molecular flexibility index (Phi) is 2.63. The third kappa shape index (κ3) is 1.79. The zero-order chi connectivity index (χ0) is 8.27. The van der Waals surface area contributed by atoms with Gasteiger partial charge in [0.15, 0.2) is 0 Å². The third-order valence-electron chi connectivity index (χ3n) is 2.00. The summed E-state index contributed by atoms with van der Waals surface area (Å²) in [5, 5.41) is 8.04. The first-order valence-electron chi connectivity index (χ1n) is 4.18. The molecule has 0 radical (unpaired) electrons. The van der Waals surface area contributed by atoms with Gasteiger partial charge < -0.3 is 0 Å². The predicted octanol–water partition coefficient (Wildman–Crippen LogP) is 1.81. The summed E-state index contributed by atoms with van der Waals surface area (Å²) in [6.07, 6.45) is 3.15. The summed E-state index contributed by atoms with van der Waals surface area (Å²) in [5.41, 5.74) is 1.11. The molecule has 1 unspecified atom stereocenters. The molecule has 0 bridgehead atoms. The Morgan fingerprint density at radius 1 is 1.55 bits per heavy atom. The minimum Gasteiger partial charge on any atom is -0.253 e. The minimum atomic E-state index is 0.537. The van der Waals surface area contributed by atoms with E-state index in [-0.39, 0.29) is 0 Å². The summed E-state index contributed by atoms with van der Waals surface area (Å²) in [4.78, 5) is 0. The number of hydrogen-bond donors (Lipinski definition) is 0. The van der Waals surface area contributed by atoms with Crippen molar-refractivity contribution in [3.05, 3.63) is 11.9 Å². The molecule has 62 valence electrons. The van der Waals surface area contributed by atoms with Gasteiger partial charge in [0.1, 0.15) is 0 Å². The maximum atomic E-state index is 4.07. The minimum absolute atomic E-state index is 0.537. The van der Waals surface area contributed by atoms with Gasteiger partial charge >= 0.3 is 0 Å². The van der Waals surface area contributed by atoms with Crippen LogP contribution in [0.4, 0.5) is 0 Å². The molecule has 3 heteroatoms.